The smallest absolute Gasteiger partial charge is 0.287 e. The Morgan fingerprint density at radius 1 is 0.812 bits per heavy atom. The molecule has 0 bridgehead atoms. The van der Waals surface area contributed by atoms with Gasteiger partial charge in [0.2, 0.25) is 0 Å². The van der Waals surface area contributed by atoms with Gasteiger partial charge in [-0.3, -0.25) is 24.4 Å². The van der Waals surface area contributed by atoms with Crippen molar-refractivity contribution in [3.63, 3.8) is 0 Å². The molecule has 1 N–H and O–H groups in total. The second-order valence-corrected chi connectivity index (χ2v) is 12.7. The molecule has 0 aliphatic carbocycles. The Bertz CT molecular complexity index is 1920. The molecule has 2 aliphatic heterocycles. The van der Waals surface area contributed by atoms with Crippen LogP contribution in [0.25, 0.3) is 22.2 Å². The Hall–Kier alpha value is -5.30. The van der Waals surface area contributed by atoms with Crippen LogP contribution in [0.3, 0.4) is 0 Å². The molecule has 4 heterocycles. The number of rotatable bonds is 8. The molecular formula is C39H38N6O3. The maximum Gasteiger partial charge on any atom is 0.287 e. The zero-order valence-corrected chi connectivity index (χ0v) is 26.8. The standard InChI is InChI=1S/C39H38N6O3/c40-25-28-4-6-29(7-5-28)26-43-17-14-34(15-18-43)42-38(46)37-24-33-23-32(12-13-36(33)48-37)39(47)45-21-19-44(20-22-45)27-30-8-10-31(11-9-30)35-3-1-2-16-41-35/h1-13,16,23-24,34H,14-15,17-22,26-27H2,(H,42,46). The van der Waals surface area contributed by atoms with Crippen LogP contribution in [0, 0.1) is 11.3 Å². The zero-order valence-electron chi connectivity index (χ0n) is 26.8. The van der Waals surface area contributed by atoms with Crippen LogP contribution >= 0.6 is 0 Å². The molecule has 242 valence electrons. The third kappa shape index (κ3) is 7.31. The van der Waals surface area contributed by atoms with E-state index in [1.807, 2.05) is 59.6 Å². The van der Waals surface area contributed by atoms with E-state index < -0.39 is 0 Å². The summed E-state index contributed by atoms with van der Waals surface area (Å²) in [6.07, 6.45) is 3.51. The van der Waals surface area contributed by atoms with Crippen molar-refractivity contribution in [2.75, 3.05) is 39.3 Å². The number of carbonyl (C=O) groups excluding carboxylic acids is 2. The van der Waals surface area contributed by atoms with Gasteiger partial charge in [-0.25, -0.2) is 0 Å². The highest BCUT2D eigenvalue weighted by molar-refractivity contribution is 6.00. The molecule has 2 saturated heterocycles. The van der Waals surface area contributed by atoms with Gasteiger partial charge in [-0.2, -0.15) is 5.26 Å². The van der Waals surface area contributed by atoms with Crippen LogP contribution in [0.4, 0.5) is 0 Å². The fourth-order valence-electron chi connectivity index (χ4n) is 6.59. The van der Waals surface area contributed by atoms with E-state index in [4.69, 9.17) is 9.68 Å². The number of aromatic nitrogens is 1. The molecule has 0 unspecified atom stereocenters. The summed E-state index contributed by atoms with van der Waals surface area (Å²) in [5, 5.41) is 12.9. The highest BCUT2D eigenvalue weighted by Gasteiger charge is 2.25. The number of piperidine rings is 1. The molecule has 9 nitrogen and oxygen atoms in total. The Balaban J connectivity index is 0.888. The molecular weight excluding hydrogens is 600 g/mol. The average molecular weight is 639 g/mol. The lowest BCUT2D eigenvalue weighted by atomic mass is 10.0. The van der Waals surface area contributed by atoms with E-state index in [1.165, 1.54) is 11.1 Å². The number of nitriles is 1. The van der Waals surface area contributed by atoms with E-state index >= 15 is 0 Å². The van der Waals surface area contributed by atoms with Gasteiger partial charge in [0.05, 0.1) is 17.3 Å². The van der Waals surface area contributed by atoms with Crippen LogP contribution in [0.15, 0.2) is 102 Å². The summed E-state index contributed by atoms with van der Waals surface area (Å²) in [6.45, 7) is 6.36. The number of nitrogens with one attached hydrogen (secondary N) is 1. The van der Waals surface area contributed by atoms with Crippen LogP contribution in [-0.2, 0) is 13.1 Å². The van der Waals surface area contributed by atoms with Crippen molar-refractivity contribution in [3.8, 4) is 17.3 Å². The lowest BCUT2D eigenvalue weighted by Crippen LogP contribution is -2.48. The normalized spacial score (nSPS) is 16.1. The van der Waals surface area contributed by atoms with E-state index in [0.717, 1.165) is 68.8 Å². The summed E-state index contributed by atoms with van der Waals surface area (Å²) in [5.74, 6) is 0.0274. The molecule has 48 heavy (non-hydrogen) atoms. The first-order chi connectivity index (χ1) is 23.5. The van der Waals surface area contributed by atoms with Gasteiger partial charge in [0.1, 0.15) is 5.58 Å². The monoisotopic (exact) mass is 638 g/mol. The van der Waals surface area contributed by atoms with Crippen molar-refractivity contribution in [2.45, 2.75) is 32.0 Å². The van der Waals surface area contributed by atoms with Gasteiger partial charge in [0.15, 0.2) is 5.76 Å². The Labute approximate surface area is 280 Å². The van der Waals surface area contributed by atoms with Crippen LogP contribution in [0.2, 0.25) is 0 Å². The van der Waals surface area contributed by atoms with E-state index in [9.17, 15) is 9.59 Å². The molecule has 0 radical (unpaired) electrons. The number of furan rings is 1. The summed E-state index contributed by atoms with van der Waals surface area (Å²) in [4.78, 5) is 37.6. The number of hydrogen-bond donors (Lipinski definition) is 1. The molecule has 3 aromatic carbocycles. The molecule has 0 spiro atoms. The molecule has 2 aromatic heterocycles. The maximum absolute atomic E-state index is 13.4. The van der Waals surface area contributed by atoms with Crippen LogP contribution in [0.1, 0.15) is 50.4 Å². The van der Waals surface area contributed by atoms with Gasteiger partial charge in [0.25, 0.3) is 11.8 Å². The molecule has 7 rings (SSSR count). The number of piperazine rings is 1. The average Bonchev–Trinajstić information content (AvgIpc) is 3.58. The van der Waals surface area contributed by atoms with Gasteiger partial charge in [-0.05, 0) is 72.5 Å². The first-order valence-corrected chi connectivity index (χ1v) is 16.6. The van der Waals surface area contributed by atoms with Gasteiger partial charge in [0, 0.05) is 81.1 Å². The minimum Gasteiger partial charge on any atom is -0.451 e. The Morgan fingerprint density at radius 3 is 2.17 bits per heavy atom. The second kappa shape index (κ2) is 14.2. The lowest BCUT2D eigenvalue weighted by Gasteiger charge is -2.34. The SMILES string of the molecule is N#Cc1ccc(CN2CCC(NC(=O)c3cc4cc(C(=O)N5CCN(Cc6ccc(-c7ccccn7)cc6)CC5)ccc4o3)CC2)cc1. The highest BCUT2D eigenvalue weighted by atomic mass is 16.3. The minimum absolute atomic E-state index is 0.00349. The number of carbonyl (C=O) groups is 2. The number of likely N-dealkylation sites (tertiary alicyclic amines) is 1. The van der Waals surface area contributed by atoms with Crippen molar-refractivity contribution in [1.29, 1.82) is 5.26 Å². The number of benzene rings is 3. The van der Waals surface area contributed by atoms with Gasteiger partial charge >= 0.3 is 0 Å². The van der Waals surface area contributed by atoms with Crippen molar-refractivity contribution in [1.82, 2.24) is 25.0 Å². The largest absolute Gasteiger partial charge is 0.451 e. The minimum atomic E-state index is -0.230. The topological polar surface area (TPSA) is 106 Å². The van der Waals surface area contributed by atoms with E-state index in [1.54, 1.807) is 18.2 Å². The van der Waals surface area contributed by atoms with Crippen molar-refractivity contribution in [3.05, 3.63) is 125 Å². The van der Waals surface area contributed by atoms with Crippen LogP contribution in [-0.4, -0.2) is 76.8 Å². The fourth-order valence-corrected chi connectivity index (χ4v) is 6.59. The Morgan fingerprint density at radius 2 is 1.50 bits per heavy atom. The summed E-state index contributed by atoms with van der Waals surface area (Å²) in [6, 6.07) is 31.5. The Kier molecular flexibility index (Phi) is 9.27. The van der Waals surface area contributed by atoms with Crippen LogP contribution < -0.4 is 5.32 Å². The second-order valence-electron chi connectivity index (χ2n) is 12.7. The van der Waals surface area contributed by atoms with E-state index in [-0.39, 0.29) is 23.6 Å². The highest BCUT2D eigenvalue weighted by Crippen LogP contribution is 2.24. The number of fused-ring (bicyclic) bond motifs is 1. The zero-order chi connectivity index (χ0) is 32.9. The molecule has 9 heteroatoms. The predicted octanol–water partition coefficient (Wildman–Crippen LogP) is 5.72. The van der Waals surface area contributed by atoms with E-state index in [2.05, 4.69) is 50.4 Å². The third-order valence-electron chi connectivity index (χ3n) is 9.38. The lowest BCUT2D eigenvalue weighted by molar-refractivity contribution is 0.0628. The summed E-state index contributed by atoms with van der Waals surface area (Å²) in [5.41, 5.74) is 6.35. The van der Waals surface area contributed by atoms with Crippen molar-refractivity contribution < 1.29 is 14.0 Å². The predicted molar refractivity (Wildman–Crippen MR) is 184 cm³/mol. The quantitative estimate of drug-likeness (QED) is 0.232. The molecule has 0 saturated carbocycles. The summed E-state index contributed by atoms with van der Waals surface area (Å²) < 4.78 is 5.89. The van der Waals surface area contributed by atoms with Gasteiger partial charge in [-0.15, -0.1) is 0 Å². The van der Waals surface area contributed by atoms with Crippen LogP contribution in [0.5, 0.6) is 0 Å². The van der Waals surface area contributed by atoms with Gasteiger partial charge < -0.3 is 14.6 Å². The summed E-state index contributed by atoms with van der Waals surface area (Å²) in [7, 11) is 0. The molecule has 5 aromatic rings. The molecule has 2 aliphatic rings. The number of amides is 2. The first kappa shape index (κ1) is 31.3. The maximum atomic E-state index is 13.4. The summed E-state index contributed by atoms with van der Waals surface area (Å²) >= 11 is 0. The number of nitrogens with zero attached hydrogens (tertiary/aromatic N) is 5. The van der Waals surface area contributed by atoms with E-state index in [0.29, 0.717) is 29.8 Å². The first-order valence-electron chi connectivity index (χ1n) is 16.6. The van der Waals surface area contributed by atoms with Crippen molar-refractivity contribution in [2.24, 2.45) is 0 Å². The number of hydrogen-bond acceptors (Lipinski definition) is 7. The molecule has 0 atom stereocenters. The van der Waals surface area contributed by atoms with Crippen molar-refractivity contribution >= 4 is 22.8 Å². The third-order valence-corrected chi connectivity index (χ3v) is 9.38. The fraction of sp³-hybridized carbons (Fsp3) is 0.282. The molecule has 2 fully saturated rings. The number of pyridine rings is 1. The van der Waals surface area contributed by atoms with Gasteiger partial charge in [-0.1, -0.05) is 42.5 Å². The molecule has 2 amide bonds.